The number of benzene rings is 2. The van der Waals surface area contributed by atoms with Crippen LogP contribution in [0.2, 0.25) is 5.02 Å². The first-order valence-corrected chi connectivity index (χ1v) is 9.61. The summed E-state index contributed by atoms with van der Waals surface area (Å²) in [6.45, 7) is 2.75. The summed E-state index contributed by atoms with van der Waals surface area (Å²) in [5.41, 5.74) is 0.503. The Labute approximate surface area is 182 Å². The van der Waals surface area contributed by atoms with Crippen LogP contribution in [0, 0.1) is 0 Å². The van der Waals surface area contributed by atoms with Crippen molar-refractivity contribution in [2.45, 2.75) is 19.9 Å². The van der Waals surface area contributed by atoms with Crippen LogP contribution in [0.3, 0.4) is 0 Å². The third-order valence-corrected chi connectivity index (χ3v) is 4.47. The Morgan fingerprint density at radius 3 is 2.29 bits per heavy atom. The molecular formula is C21H18ClN3O6. The van der Waals surface area contributed by atoms with Crippen LogP contribution in [0.4, 0.5) is 10.5 Å². The highest BCUT2D eigenvalue weighted by Gasteiger charge is 2.37. The monoisotopic (exact) mass is 443 g/mol. The van der Waals surface area contributed by atoms with Gasteiger partial charge in [0.25, 0.3) is 17.7 Å². The molecule has 0 bridgehead atoms. The van der Waals surface area contributed by atoms with Gasteiger partial charge in [0.15, 0.2) is 6.61 Å². The van der Waals surface area contributed by atoms with E-state index < -0.39 is 36.3 Å². The molecule has 0 aromatic heterocycles. The number of nitrogens with zero attached hydrogens (tertiary/aromatic N) is 1. The zero-order valence-corrected chi connectivity index (χ0v) is 17.4. The zero-order chi connectivity index (χ0) is 22.7. The van der Waals surface area contributed by atoms with Gasteiger partial charge >= 0.3 is 12.0 Å². The molecule has 1 aliphatic heterocycles. The summed E-state index contributed by atoms with van der Waals surface area (Å²) in [7, 11) is 0. The molecule has 0 radical (unpaired) electrons. The minimum absolute atomic E-state index is 0.0164. The molecule has 0 unspecified atom stereocenters. The van der Waals surface area contributed by atoms with Crippen molar-refractivity contribution in [3.63, 3.8) is 0 Å². The van der Waals surface area contributed by atoms with Gasteiger partial charge in [-0.1, -0.05) is 11.6 Å². The first-order chi connectivity index (χ1) is 14.7. The van der Waals surface area contributed by atoms with E-state index in [1.807, 2.05) is 5.32 Å². The number of urea groups is 1. The molecule has 10 heteroatoms. The van der Waals surface area contributed by atoms with Gasteiger partial charge in [0.1, 0.15) is 0 Å². The van der Waals surface area contributed by atoms with E-state index in [4.69, 9.17) is 16.3 Å². The minimum atomic E-state index is -0.882. The number of ether oxygens (including phenoxy) is 1. The van der Waals surface area contributed by atoms with Crippen LogP contribution in [-0.4, -0.2) is 42.4 Å². The Balaban J connectivity index is 1.68. The van der Waals surface area contributed by atoms with Crippen molar-refractivity contribution < 1.29 is 28.7 Å². The van der Waals surface area contributed by atoms with Gasteiger partial charge in [0.05, 0.1) is 22.4 Å². The molecule has 160 valence electrons. The van der Waals surface area contributed by atoms with Gasteiger partial charge < -0.3 is 10.1 Å². The Hall–Kier alpha value is -3.72. The number of esters is 1. The molecule has 2 N–H and O–H groups in total. The maximum Gasteiger partial charge on any atom is 0.338 e. The van der Waals surface area contributed by atoms with Crippen LogP contribution in [0.25, 0.3) is 0 Å². The van der Waals surface area contributed by atoms with Crippen LogP contribution in [-0.2, 0) is 9.53 Å². The molecule has 0 aliphatic carbocycles. The summed E-state index contributed by atoms with van der Waals surface area (Å²) >= 11 is 5.85. The zero-order valence-electron chi connectivity index (χ0n) is 16.6. The standard InChI is InChI=1S/C21H18ClN3O6/c1-11(2)23-21(30)24-17(26)10-31-20(29)12-3-8-15-16(9-12)19(28)25(18(15)27)14-6-4-13(22)5-7-14/h3-9,11H,10H2,1-2H3,(H2,23,24,26,30). The summed E-state index contributed by atoms with van der Waals surface area (Å²) in [6, 6.07) is 9.19. The lowest BCUT2D eigenvalue weighted by molar-refractivity contribution is -0.123. The molecule has 1 aliphatic rings. The van der Waals surface area contributed by atoms with Gasteiger partial charge in [-0.15, -0.1) is 0 Å². The number of hydrogen-bond acceptors (Lipinski definition) is 6. The molecule has 1 heterocycles. The highest BCUT2D eigenvalue weighted by atomic mass is 35.5. The maximum absolute atomic E-state index is 12.8. The average molecular weight is 444 g/mol. The molecule has 9 nitrogen and oxygen atoms in total. The maximum atomic E-state index is 12.8. The predicted octanol–water partition coefficient (Wildman–Crippen LogP) is 2.53. The largest absolute Gasteiger partial charge is 0.452 e. The summed E-state index contributed by atoms with van der Waals surface area (Å²) in [5, 5.41) is 4.93. The number of anilines is 1. The smallest absolute Gasteiger partial charge is 0.338 e. The molecule has 0 fully saturated rings. The molecule has 0 saturated carbocycles. The van der Waals surface area contributed by atoms with Gasteiger partial charge in [-0.2, -0.15) is 0 Å². The minimum Gasteiger partial charge on any atom is -0.452 e. The normalized spacial score (nSPS) is 12.6. The summed E-state index contributed by atoms with van der Waals surface area (Å²) < 4.78 is 4.89. The van der Waals surface area contributed by atoms with Crippen LogP contribution in [0.1, 0.15) is 44.9 Å². The van der Waals surface area contributed by atoms with Gasteiger partial charge in [-0.05, 0) is 56.3 Å². The van der Waals surface area contributed by atoms with E-state index >= 15 is 0 Å². The molecular weight excluding hydrogens is 426 g/mol. The van der Waals surface area contributed by atoms with E-state index in [1.165, 1.54) is 30.3 Å². The van der Waals surface area contributed by atoms with Crippen LogP contribution >= 0.6 is 11.6 Å². The van der Waals surface area contributed by atoms with Crippen molar-refractivity contribution in [1.82, 2.24) is 10.6 Å². The quantitative estimate of drug-likeness (QED) is 0.541. The van der Waals surface area contributed by atoms with E-state index in [1.54, 1.807) is 26.0 Å². The van der Waals surface area contributed by atoms with Crippen molar-refractivity contribution in [2.75, 3.05) is 11.5 Å². The average Bonchev–Trinajstić information content (AvgIpc) is 2.96. The number of amides is 5. The number of fused-ring (bicyclic) bond motifs is 1. The van der Waals surface area contributed by atoms with Crippen molar-refractivity contribution in [3.8, 4) is 0 Å². The molecule has 2 aromatic carbocycles. The second kappa shape index (κ2) is 8.97. The van der Waals surface area contributed by atoms with Crippen molar-refractivity contribution in [3.05, 3.63) is 64.2 Å². The highest BCUT2D eigenvalue weighted by molar-refractivity contribution is 6.35. The van der Waals surface area contributed by atoms with Crippen LogP contribution < -0.4 is 15.5 Å². The fraction of sp³-hybridized carbons (Fsp3) is 0.190. The molecule has 3 rings (SSSR count). The van der Waals surface area contributed by atoms with E-state index in [0.29, 0.717) is 10.7 Å². The SMILES string of the molecule is CC(C)NC(=O)NC(=O)COC(=O)c1ccc2c(c1)C(=O)N(c1ccc(Cl)cc1)C2=O. The third-order valence-electron chi connectivity index (χ3n) is 4.21. The van der Waals surface area contributed by atoms with Crippen LogP contribution in [0.15, 0.2) is 42.5 Å². The number of imide groups is 2. The number of hydrogen-bond donors (Lipinski definition) is 2. The number of carbonyl (C=O) groups is 5. The van der Waals surface area contributed by atoms with Crippen molar-refractivity contribution >= 4 is 47.0 Å². The summed E-state index contributed by atoms with van der Waals surface area (Å²) in [4.78, 5) is 61.8. The Kier molecular flexibility index (Phi) is 6.36. The van der Waals surface area contributed by atoms with Crippen molar-refractivity contribution in [1.29, 1.82) is 0 Å². The topological polar surface area (TPSA) is 122 Å². The van der Waals surface area contributed by atoms with Crippen LogP contribution in [0.5, 0.6) is 0 Å². The lowest BCUT2D eigenvalue weighted by Crippen LogP contribution is -2.44. The second-order valence-electron chi connectivity index (χ2n) is 6.93. The number of carbonyl (C=O) groups excluding carboxylic acids is 5. The number of halogens is 1. The molecule has 2 aromatic rings. The number of rotatable bonds is 5. The lowest BCUT2D eigenvalue weighted by atomic mass is 10.1. The fourth-order valence-corrected chi connectivity index (χ4v) is 2.99. The third kappa shape index (κ3) is 4.89. The summed E-state index contributed by atoms with van der Waals surface area (Å²) in [5.74, 6) is -2.82. The lowest BCUT2D eigenvalue weighted by Gasteiger charge is -2.13. The van der Waals surface area contributed by atoms with Gasteiger partial charge in [0, 0.05) is 11.1 Å². The summed E-state index contributed by atoms with van der Waals surface area (Å²) in [6.07, 6.45) is 0. The Morgan fingerprint density at radius 2 is 1.65 bits per heavy atom. The fourth-order valence-electron chi connectivity index (χ4n) is 2.87. The van der Waals surface area contributed by atoms with E-state index in [0.717, 1.165) is 4.90 Å². The Morgan fingerprint density at radius 1 is 1.00 bits per heavy atom. The number of nitrogens with one attached hydrogen (secondary N) is 2. The van der Waals surface area contributed by atoms with Crippen molar-refractivity contribution in [2.24, 2.45) is 0 Å². The Bertz CT molecular complexity index is 1080. The molecule has 0 spiro atoms. The molecule has 5 amide bonds. The van der Waals surface area contributed by atoms with Gasteiger partial charge in [-0.25, -0.2) is 14.5 Å². The molecule has 31 heavy (non-hydrogen) atoms. The predicted molar refractivity (Wildman–Crippen MR) is 111 cm³/mol. The van der Waals surface area contributed by atoms with E-state index in [9.17, 15) is 24.0 Å². The second-order valence-corrected chi connectivity index (χ2v) is 7.37. The molecule has 0 atom stereocenters. The molecule has 0 saturated heterocycles. The van der Waals surface area contributed by atoms with E-state index in [-0.39, 0.29) is 22.7 Å². The first kappa shape index (κ1) is 22.0. The highest BCUT2D eigenvalue weighted by Crippen LogP contribution is 2.30. The van der Waals surface area contributed by atoms with Gasteiger partial charge in [-0.3, -0.25) is 19.7 Å². The van der Waals surface area contributed by atoms with E-state index in [2.05, 4.69) is 5.32 Å². The first-order valence-electron chi connectivity index (χ1n) is 9.23. The van der Waals surface area contributed by atoms with Gasteiger partial charge in [0.2, 0.25) is 0 Å².